The van der Waals surface area contributed by atoms with Gasteiger partial charge in [0.15, 0.2) is 11.5 Å². The maximum Gasteiger partial charge on any atom is 0.251 e. The molecule has 8 heteroatoms. The Labute approximate surface area is 143 Å². The maximum absolute atomic E-state index is 12.8. The van der Waals surface area contributed by atoms with Gasteiger partial charge in [-0.05, 0) is 13.1 Å². The van der Waals surface area contributed by atoms with Crippen LogP contribution in [0.3, 0.4) is 0 Å². The van der Waals surface area contributed by atoms with Gasteiger partial charge in [-0.2, -0.15) is 0 Å². The summed E-state index contributed by atoms with van der Waals surface area (Å²) in [6.45, 7) is 1.73. The molecule has 1 amide bonds. The molecule has 0 atom stereocenters. The molecule has 1 aromatic carbocycles. The van der Waals surface area contributed by atoms with Gasteiger partial charge in [0.25, 0.3) is 5.91 Å². The second-order valence-corrected chi connectivity index (χ2v) is 7.64. The number of amidine groups is 1. The van der Waals surface area contributed by atoms with Crippen LogP contribution in [0.5, 0.6) is 0 Å². The Morgan fingerprint density at radius 2 is 2.09 bits per heavy atom. The van der Waals surface area contributed by atoms with Crippen molar-refractivity contribution in [2.24, 2.45) is 4.99 Å². The molecule has 3 aliphatic heterocycles. The molecule has 2 saturated heterocycles. The van der Waals surface area contributed by atoms with Gasteiger partial charge >= 0.3 is 0 Å². The molecular weight excluding hydrogens is 338 g/mol. The third-order valence-electron chi connectivity index (χ3n) is 4.08. The molecule has 0 radical (unpaired) electrons. The third kappa shape index (κ3) is 2.56. The first-order valence-electron chi connectivity index (χ1n) is 7.31. The van der Waals surface area contributed by atoms with Crippen molar-refractivity contribution in [1.29, 1.82) is 0 Å². The lowest BCUT2D eigenvalue weighted by atomic mass is 10.1. The summed E-state index contributed by atoms with van der Waals surface area (Å²) in [5, 5.41) is 1.36. The topological polar surface area (TPSA) is 54.4 Å². The summed E-state index contributed by atoms with van der Waals surface area (Å²) < 4.78 is 11.0. The molecule has 0 saturated carbocycles. The molecule has 3 aliphatic rings. The first-order valence-corrected chi connectivity index (χ1v) is 8.50. The molecule has 0 aliphatic carbocycles. The fourth-order valence-electron chi connectivity index (χ4n) is 2.85. The number of aliphatic imine (C=N–C) groups is 1. The van der Waals surface area contributed by atoms with E-state index in [4.69, 9.17) is 21.1 Å². The zero-order valence-electron chi connectivity index (χ0n) is 12.6. The molecule has 1 aromatic rings. The van der Waals surface area contributed by atoms with E-state index in [1.165, 1.54) is 11.8 Å². The summed E-state index contributed by atoms with van der Waals surface area (Å²) >= 11 is 7.63. The Morgan fingerprint density at radius 1 is 1.35 bits per heavy atom. The van der Waals surface area contributed by atoms with Gasteiger partial charge in [0.05, 0.1) is 26.6 Å². The molecule has 23 heavy (non-hydrogen) atoms. The highest BCUT2D eigenvalue weighted by atomic mass is 35.5. The average molecular weight is 354 g/mol. The first kappa shape index (κ1) is 15.4. The maximum atomic E-state index is 12.8. The van der Waals surface area contributed by atoms with Crippen LogP contribution >= 0.6 is 23.4 Å². The number of rotatable bonds is 1. The fraction of sp³-hybridized carbons (Fsp3) is 0.467. The van der Waals surface area contributed by atoms with Crippen molar-refractivity contribution in [3.8, 4) is 0 Å². The highest BCUT2D eigenvalue weighted by molar-refractivity contribution is 8.16. The molecule has 6 nitrogen and oxygen atoms in total. The van der Waals surface area contributed by atoms with Crippen LogP contribution in [0.4, 0.5) is 0 Å². The lowest BCUT2D eigenvalue weighted by Crippen LogP contribution is -2.52. The van der Waals surface area contributed by atoms with Crippen molar-refractivity contribution < 1.29 is 14.3 Å². The van der Waals surface area contributed by atoms with Gasteiger partial charge in [0.1, 0.15) is 4.75 Å². The quantitative estimate of drug-likeness (QED) is 0.772. The fourth-order valence-corrected chi connectivity index (χ4v) is 4.25. The minimum Gasteiger partial charge on any atom is -0.346 e. The summed E-state index contributed by atoms with van der Waals surface area (Å²) in [6.07, 6.45) is -0.537. The Morgan fingerprint density at radius 3 is 2.83 bits per heavy atom. The standard InChI is InChI=1S/C15H16ClN3O3S/c1-18-8-17-14-19(9-18)13(20)15(23-14)6-21-12(22-7-15)10-4-2-3-5-11(10)16/h2-5,12H,6-9H2,1H3. The molecule has 0 N–H and O–H groups in total. The van der Waals surface area contributed by atoms with Crippen LogP contribution in [-0.4, -0.2) is 59.2 Å². The smallest absolute Gasteiger partial charge is 0.251 e. The van der Waals surface area contributed by atoms with Crippen molar-refractivity contribution >= 4 is 34.4 Å². The molecule has 3 heterocycles. The lowest BCUT2D eigenvalue weighted by Gasteiger charge is -2.35. The predicted octanol–water partition coefficient (Wildman–Crippen LogP) is 1.92. The van der Waals surface area contributed by atoms with E-state index >= 15 is 0 Å². The van der Waals surface area contributed by atoms with E-state index in [9.17, 15) is 4.79 Å². The van der Waals surface area contributed by atoms with Crippen LogP contribution in [-0.2, 0) is 14.3 Å². The summed E-state index contributed by atoms with van der Waals surface area (Å²) in [5.41, 5.74) is 0.786. The SMILES string of the molecule is CN1CN=C2SC3(COC(c4ccccc4Cl)OC3)C(=O)N2C1. The van der Waals surface area contributed by atoms with Gasteiger partial charge < -0.3 is 9.47 Å². The number of amides is 1. The number of carbonyl (C=O) groups excluding carboxylic acids is 1. The minimum atomic E-state index is -0.734. The number of hydrogen-bond acceptors (Lipinski definition) is 6. The number of fused-ring (bicyclic) bond motifs is 1. The van der Waals surface area contributed by atoms with Crippen molar-refractivity contribution in [2.45, 2.75) is 11.0 Å². The van der Waals surface area contributed by atoms with Crippen LogP contribution in [0, 0.1) is 0 Å². The number of benzene rings is 1. The van der Waals surface area contributed by atoms with Crippen molar-refractivity contribution in [1.82, 2.24) is 9.80 Å². The molecular formula is C15H16ClN3O3S. The zero-order chi connectivity index (χ0) is 16.0. The number of nitrogens with zero attached hydrogens (tertiary/aromatic N) is 3. The largest absolute Gasteiger partial charge is 0.346 e. The highest BCUT2D eigenvalue weighted by Crippen LogP contribution is 2.44. The molecule has 0 unspecified atom stereocenters. The van der Waals surface area contributed by atoms with E-state index in [0.29, 0.717) is 18.4 Å². The van der Waals surface area contributed by atoms with Crippen molar-refractivity contribution in [3.05, 3.63) is 34.9 Å². The minimum absolute atomic E-state index is 0.00501. The molecule has 4 rings (SSSR count). The average Bonchev–Trinajstić information content (AvgIpc) is 2.82. The Hall–Kier alpha value is -1.12. The van der Waals surface area contributed by atoms with E-state index in [0.717, 1.165) is 10.7 Å². The predicted molar refractivity (Wildman–Crippen MR) is 88.2 cm³/mol. The number of hydrogen-bond donors (Lipinski definition) is 0. The molecule has 1 spiro atoms. The summed E-state index contributed by atoms with van der Waals surface area (Å²) in [7, 11) is 1.94. The molecule has 0 aromatic heterocycles. The number of thioether (sulfide) groups is 1. The molecule has 2 fully saturated rings. The highest BCUT2D eigenvalue weighted by Gasteiger charge is 2.55. The van der Waals surface area contributed by atoms with E-state index in [-0.39, 0.29) is 19.1 Å². The summed E-state index contributed by atoms with van der Waals surface area (Å²) in [5.74, 6) is 0.00501. The van der Waals surface area contributed by atoms with E-state index in [2.05, 4.69) is 4.99 Å². The van der Waals surface area contributed by atoms with Gasteiger partial charge in [-0.15, -0.1) is 0 Å². The second-order valence-electron chi connectivity index (χ2n) is 5.88. The number of ether oxygens (including phenoxy) is 2. The van der Waals surface area contributed by atoms with Crippen LogP contribution in [0.25, 0.3) is 0 Å². The van der Waals surface area contributed by atoms with E-state index < -0.39 is 11.0 Å². The van der Waals surface area contributed by atoms with Gasteiger partial charge in [-0.3, -0.25) is 14.6 Å². The normalized spacial score (nSPS) is 31.4. The lowest BCUT2D eigenvalue weighted by molar-refractivity contribution is -0.199. The molecule has 122 valence electrons. The van der Waals surface area contributed by atoms with Gasteiger partial charge in [-0.25, -0.2) is 4.99 Å². The van der Waals surface area contributed by atoms with Crippen LogP contribution in [0.15, 0.2) is 29.3 Å². The summed E-state index contributed by atoms with van der Waals surface area (Å²) in [4.78, 5) is 20.9. The van der Waals surface area contributed by atoms with E-state index in [1.807, 2.05) is 30.1 Å². The number of halogens is 1. The zero-order valence-corrected chi connectivity index (χ0v) is 14.1. The van der Waals surface area contributed by atoms with Gasteiger partial charge in [0.2, 0.25) is 0 Å². The van der Waals surface area contributed by atoms with Crippen LogP contribution < -0.4 is 0 Å². The summed E-state index contributed by atoms with van der Waals surface area (Å²) in [6, 6.07) is 7.42. The van der Waals surface area contributed by atoms with Gasteiger partial charge in [0, 0.05) is 10.6 Å². The van der Waals surface area contributed by atoms with Crippen molar-refractivity contribution in [2.75, 3.05) is 33.6 Å². The Bertz CT molecular complexity index is 676. The third-order valence-corrected chi connectivity index (χ3v) is 5.75. The second kappa shape index (κ2) is 5.75. The van der Waals surface area contributed by atoms with Crippen LogP contribution in [0.1, 0.15) is 11.9 Å². The number of carbonyl (C=O) groups is 1. The Balaban J connectivity index is 1.52. The monoisotopic (exact) mass is 353 g/mol. The first-order chi connectivity index (χ1) is 11.1. The van der Waals surface area contributed by atoms with Crippen LogP contribution in [0.2, 0.25) is 5.02 Å². The molecule has 0 bridgehead atoms. The Kier molecular flexibility index (Phi) is 3.85. The van der Waals surface area contributed by atoms with E-state index in [1.54, 1.807) is 11.0 Å². The van der Waals surface area contributed by atoms with Gasteiger partial charge in [-0.1, -0.05) is 41.6 Å². The van der Waals surface area contributed by atoms with Crippen molar-refractivity contribution in [3.63, 3.8) is 0 Å².